The first kappa shape index (κ1) is 11.8. The van der Waals surface area contributed by atoms with Crippen LogP contribution in [0.15, 0.2) is 24.3 Å². The van der Waals surface area contributed by atoms with Gasteiger partial charge in [-0.15, -0.1) is 0 Å². The van der Waals surface area contributed by atoms with Gasteiger partial charge in [0.15, 0.2) is 0 Å². The van der Waals surface area contributed by atoms with Gasteiger partial charge in [-0.25, -0.2) is 0 Å². The summed E-state index contributed by atoms with van der Waals surface area (Å²) in [5.41, 5.74) is 5.33. The highest BCUT2D eigenvalue weighted by atomic mass is 16.5. The van der Waals surface area contributed by atoms with Crippen LogP contribution in [0.5, 0.6) is 11.5 Å². The average molecular weight is 211 g/mol. The van der Waals surface area contributed by atoms with E-state index in [4.69, 9.17) is 20.3 Å². The molecule has 0 aliphatic carbocycles. The van der Waals surface area contributed by atoms with Crippen molar-refractivity contribution in [2.75, 3.05) is 26.4 Å². The van der Waals surface area contributed by atoms with Gasteiger partial charge in [0.1, 0.15) is 18.1 Å². The third-order valence-corrected chi connectivity index (χ3v) is 1.76. The van der Waals surface area contributed by atoms with Crippen LogP contribution in [0, 0.1) is 0 Å². The first-order valence-corrected chi connectivity index (χ1v) is 5.03. The summed E-state index contributed by atoms with van der Waals surface area (Å²) in [7, 11) is 0. The smallest absolute Gasteiger partial charge is 0.123 e. The van der Waals surface area contributed by atoms with Gasteiger partial charge in [0.25, 0.3) is 0 Å². The first-order valence-electron chi connectivity index (χ1n) is 5.03. The lowest BCUT2D eigenvalue weighted by atomic mass is 10.3. The van der Waals surface area contributed by atoms with E-state index < -0.39 is 0 Å². The summed E-state index contributed by atoms with van der Waals surface area (Å²) < 4.78 is 10.7. The molecule has 0 aromatic heterocycles. The molecule has 1 rings (SSSR count). The summed E-state index contributed by atoms with van der Waals surface area (Å²) in [5, 5.41) is 8.60. The van der Waals surface area contributed by atoms with Gasteiger partial charge in [0.2, 0.25) is 0 Å². The molecule has 0 aliphatic rings. The summed E-state index contributed by atoms with van der Waals surface area (Å²) in [6, 6.07) is 7.38. The van der Waals surface area contributed by atoms with E-state index >= 15 is 0 Å². The molecule has 15 heavy (non-hydrogen) atoms. The summed E-state index contributed by atoms with van der Waals surface area (Å²) in [5.74, 6) is 1.50. The molecule has 3 N–H and O–H groups in total. The molecular weight excluding hydrogens is 194 g/mol. The lowest BCUT2D eigenvalue weighted by Crippen LogP contribution is -2.10. The third kappa shape index (κ3) is 4.67. The summed E-state index contributed by atoms with van der Waals surface area (Å²) in [4.78, 5) is 0. The maximum Gasteiger partial charge on any atom is 0.123 e. The molecule has 0 fully saturated rings. The van der Waals surface area contributed by atoms with E-state index in [1.165, 1.54) is 0 Å². The fraction of sp³-hybridized carbons (Fsp3) is 0.455. The maximum absolute atomic E-state index is 8.60. The Morgan fingerprint density at radius 3 is 2.40 bits per heavy atom. The van der Waals surface area contributed by atoms with Crippen molar-refractivity contribution in [3.63, 3.8) is 0 Å². The molecule has 4 heteroatoms. The fourth-order valence-electron chi connectivity index (χ4n) is 1.09. The van der Waals surface area contributed by atoms with Crippen LogP contribution in [0.4, 0.5) is 0 Å². The lowest BCUT2D eigenvalue weighted by molar-refractivity contribution is 0.233. The van der Waals surface area contributed by atoms with Crippen LogP contribution in [0.25, 0.3) is 0 Å². The largest absolute Gasteiger partial charge is 0.493 e. The van der Waals surface area contributed by atoms with E-state index in [9.17, 15) is 0 Å². The van der Waals surface area contributed by atoms with Crippen molar-refractivity contribution in [3.8, 4) is 11.5 Å². The molecule has 0 atom stereocenters. The van der Waals surface area contributed by atoms with E-state index in [1.54, 1.807) is 0 Å². The Morgan fingerprint density at radius 2 is 1.80 bits per heavy atom. The molecule has 0 aliphatic heterocycles. The van der Waals surface area contributed by atoms with Gasteiger partial charge in [0, 0.05) is 25.6 Å². The van der Waals surface area contributed by atoms with Crippen LogP contribution in [0.1, 0.15) is 6.42 Å². The second kappa shape index (κ2) is 7.09. The quantitative estimate of drug-likeness (QED) is 0.654. The molecular formula is C11H17NO3. The van der Waals surface area contributed by atoms with Gasteiger partial charge in [-0.3, -0.25) is 0 Å². The van der Waals surface area contributed by atoms with Crippen LogP contribution < -0.4 is 15.2 Å². The van der Waals surface area contributed by atoms with Crippen LogP contribution in [0.2, 0.25) is 0 Å². The second-order valence-electron chi connectivity index (χ2n) is 3.04. The highest BCUT2D eigenvalue weighted by Gasteiger charge is 1.97. The number of benzene rings is 1. The van der Waals surface area contributed by atoms with Gasteiger partial charge in [-0.1, -0.05) is 6.07 Å². The highest BCUT2D eigenvalue weighted by molar-refractivity contribution is 5.32. The zero-order chi connectivity index (χ0) is 10.9. The fourth-order valence-corrected chi connectivity index (χ4v) is 1.09. The predicted molar refractivity (Wildman–Crippen MR) is 58.2 cm³/mol. The van der Waals surface area contributed by atoms with Gasteiger partial charge in [0.05, 0.1) is 6.61 Å². The number of ether oxygens (including phenoxy) is 2. The molecule has 0 saturated heterocycles. The molecule has 0 radical (unpaired) electrons. The van der Waals surface area contributed by atoms with Crippen LogP contribution in [-0.4, -0.2) is 31.5 Å². The van der Waals surface area contributed by atoms with Crippen molar-refractivity contribution in [2.45, 2.75) is 6.42 Å². The van der Waals surface area contributed by atoms with E-state index in [1.807, 2.05) is 24.3 Å². The van der Waals surface area contributed by atoms with Crippen molar-refractivity contribution in [1.82, 2.24) is 0 Å². The Hall–Kier alpha value is -1.26. The minimum atomic E-state index is 0.142. The van der Waals surface area contributed by atoms with E-state index in [0.29, 0.717) is 26.2 Å². The Morgan fingerprint density at radius 1 is 1.13 bits per heavy atom. The topological polar surface area (TPSA) is 64.7 Å². The van der Waals surface area contributed by atoms with Crippen molar-refractivity contribution in [3.05, 3.63) is 24.3 Å². The number of hydrogen-bond acceptors (Lipinski definition) is 4. The van der Waals surface area contributed by atoms with Crippen molar-refractivity contribution in [1.29, 1.82) is 0 Å². The number of rotatable bonds is 7. The molecule has 4 nitrogen and oxygen atoms in total. The van der Waals surface area contributed by atoms with Gasteiger partial charge in [-0.05, 0) is 12.1 Å². The number of aliphatic hydroxyl groups is 1. The Balaban J connectivity index is 2.42. The maximum atomic E-state index is 8.60. The van der Waals surface area contributed by atoms with E-state index in [2.05, 4.69) is 0 Å². The Kier molecular flexibility index (Phi) is 5.58. The molecule has 0 saturated carbocycles. The van der Waals surface area contributed by atoms with Crippen LogP contribution in [0.3, 0.4) is 0 Å². The third-order valence-electron chi connectivity index (χ3n) is 1.76. The zero-order valence-electron chi connectivity index (χ0n) is 8.69. The molecule has 0 spiro atoms. The van der Waals surface area contributed by atoms with E-state index in [-0.39, 0.29) is 6.61 Å². The molecule has 1 aromatic rings. The molecule has 0 heterocycles. The van der Waals surface area contributed by atoms with Crippen molar-refractivity contribution < 1.29 is 14.6 Å². The van der Waals surface area contributed by atoms with Gasteiger partial charge < -0.3 is 20.3 Å². The molecule has 0 amide bonds. The standard InChI is InChI=1S/C11H17NO3/c12-5-8-15-11-4-1-3-10(9-11)14-7-2-6-13/h1,3-4,9,13H,2,5-8,12H2. The molecule has 84 valence electrons. The molecule has 1 aromatic carbocycles. The number of nitrogens with two attached hydrogens (primary N) is 1. The minimum Gasteiger partial charge on any atom is -0.493 e. The van der Waals surface area contributed by atoms with Crippen molar-refractivity contribution >= 4 is 0 Å². The predicted octanol–water partition coefficient (Wildman–Crippen LogP) is 0.785. The second-order valence-corrected chi connectivity index (χ2v) is 3.04. The van der Waals surface area contributed by atoms with Crippen LogP contribution >= 0.6 is 0 Å². The molecule has 0 bridgehead atoms. The SMILES string of the molecule is NCCOc1cccc(OCCCO)c1. The number of hydrogen-bond donors (Lipinski definition) is 2. The normalized spacial score (nSPS) is 10.0. The minimum absolute atomic E-state index is 0.142. The van der Waals surface area contributed by atoms with Gasteiger partial charge >= 0.3 is 0 Å². The first-order chi connectivity index (χ1) is 7.36. The average Bonchev–Trinajstić information content (AvgIpc) is 2.27. The summed E-state index contributed by atoms with van der Waals surface area (Å²) in [6.07, 6.45) is 0.633. The monoisotopic (exact) mass is 211 g/mol. The number of aliphatic hydroxyl groups excluding tert-OH is 1. The Labute approximate surface area is 89.6 Å². The summed E-state index contributed by atoms with van der Waals surface area (Å²) >= 11 is 0. The van der Waals surface area contributed by atoms with Crippen LogP contribution in [-0.2, 0) is 0 Å². The Bertz CT molecular complexity index is 278. The molecule has 0 unspecified atom stereocenters. The summed E-state index contributed by atoms with van der Waals surface area (Å²) in [6.45, 7) is 1.65. The highest BCUT2D eigenvalue weighted by Crippen LogP contribution is 2.19. The zero-order valence-corrected chi connectivity index (χ0v) is 8.69. The lowest BCUT2D eigenvalue weighted by Gasteiger charge is -2.08. The van der Waals surface area contributed by atoms with Crippen molar-refractivity contribution in [2.24, 2.45) is 5.73 Å². The van der Waals surface area contributed by atoms with Gasteiger partial charge in [-0.2, -0.15) is 0 Å². The van der Waals surface area contributed by atoms with E-state index in [0.717, 1.165) is 11.5 Å².